The maximum Gasteiger partial charge on any atom is 0.0669 e. The molecule has 1 atom stereocenters. The summed E-state index contributed by atoms with van der Waals surface area (Å²) in [6, 6.07) is 2.29. The largest absolute Gasteiger partial charge is 0.302 e. The van der Waals surface area contributed by atoms with Crippen LogP contribution in [0.3, 0.4) is 0 Å². The van der Waals surface area contributed by atoms with E-state index in [0.717, 1.165) is 26.1 Å². The zero-order chi connectivity index (χ0) is 8.69. The third-order valence-electron chi connectivity index (χ3n) is 1.90. The van der Waals surface area contributed by atoms with E-state index in [4.69, 9.17) is 5.26 Å². The predicted octanol–water partition coefficient (Wildman–Crippen LogP) is 1.88. The van der Waals surface area contributed by atoms with Gasteiger partial charge in [0.05, 0.1) is 12.0 Å². The second kappa shape index (κ2) is 6.18. The minimum Gasteiger partial charge on any atom is -0.302 e. The zero-order valence-corrected chi connectivity index (χ0v) is 7.80. The van der Waals surface area contributed by atoms with Crippen LogP contribution in [0.2, 0.25) is 0 Å². The first-order valence-electron chi connectivity index (χ1n) is 4.48. The summed E-state index contributed by atoms with van der Waals surface area (Å²) in [6.45, 7) is 9.35. The van der Waals surface area contributed by atoms with E-state index in [1.165, 1.54) is 0 Å². The van der Waals surface area contributed by atoms with E-state index >= 15 is 0 Å². The second-order valence-corrected chi connectivity index (χ2v) is 2.51. The summed E-state index contributed by atoms with van der Waals surface area (Å²) in [5, 5.41) is 8.50. The number of likely N-dealkylation sites (tertiary alicyclic amines) is 1. The summed E-state index contributed by atoms with van der Waals surface area (Å²) in [4.78, 5) is 2.31. The fraction of sp³-hybridized carbons (Fsp3) is 0.889. The highest BCUT2D eigenvalue weighted by atomic mass is 15.1. The Labute approximate surface area is 69.8 Å². The summed E-state index contributed by atoms with van der Waals surface area (Å²) < 4.78 is 0. The van der Waals surface area contributed by atoms with Crippen molar-refractivity contribution < 1.29 is 0 Å². The van der Waals surface area contributed by atoms with Gasteiger partial charge in [0.2, 0.25) is 0 Å². The van der Waals surface area contributed by atoms with Gasteiger partial charge in [0.15, 0.2) is 0 Å². The highest BCUT2D eigenvalue weighted by Crippen LogP contribution is 2.13. The first kappa shape index (κ1) is 10.4. The van der Waals surface area contributed by atoms with Gasteiger partial charge in [0, 0.05) is 6.54 Å². The van der Waals surface area contributed by atoms with Crippen molar-refractivity contribution in [2.45, 2.75) is 27.2 Å². The lowest BCUT2D eigenvalue weighted by Crippen LogP contribution is -2.19. The van der Waals surface area contributed by atoms with E-state index in [9.17, 15) is 0 Å². The van der Waals surface area contributed by atoms with Crippen LogP contribution < -0.4 is 0 Å². The van der Waals surface area contributed by atoms with Crippen LogP contribution in [-0.2, 0) is 0 Å². The van der Waals surface area contributed by atoms with Gasteiger partial charge in [0.1, 0.15) is 0 Å². The fourth-order valence-electron chi connectivity index (χ4n) is 1.23. The van der Waals surface area contributed by atoms with Crippen LogP contribution >= 0.6 is 0 Å². The monoisotopic (exact) mass is 154 g/mol. The van der Waals surface area contributed by atoms with Crippen molar-refractivity contribution in [1.82, 2.24) is 4.90 Å². The van der Waals surface area contributed by atoms with Crippen LogP contribution in [0, 0.1) is 17.2 Å². The lowest BCUT2D eigenvalue weighted by atomic mass is 10.1. The summed E-state index contributed by atoms with van der Waals surface area (Å²) in [6.07, 6.45) is 1.07. The molecule has 0 saturated carbocycles. The minimum absolute atomic E-state index is 0.310. The Hall–Kier alpha value is -0.550. The Bertz CT molecular complexity index is 126. The third kappa shape index (κ3) is 3.38. The van der Waals surface area contributed by atoms with Gasteiger partial charge in [-0.25, -0.2) is 0 Å². The maximum absolute atomic E-state index is 8.50. The van der Waals surface area contributed by atoms with Crippen molar-refractivity contribution in [3.8, 4) is 6.07 Å². The normalized spacial score (nSPS) is 23.6. The molecule has 0 N–H and O–H groups in total. The molecule has 64 valence electrons. The number of nitrogens with zero attached hydrogens (tertiary/aromatic N) is 2. The molecule has 11 heavy (non-hydrogen) atoms. The Morgan fingerprint density at radius 3 is 2.45 bits per heavy atom. The van der Waals surface area contributed by atoms with Gasteiger partial charge in [0.25, 0.3) is 0 Å². The molecule has 0 aromatic carbocycles. The molecule has 1 rings (SSSR count). The molecule has 0 radical (unpaired) electrons. The molecule has 1 heterocycles. The van der Waals surface area contributed by atoms with Crippen molar-refractivity contribution in [2.75, 3.05) is 19.6 Å². The Kier molecular flexibility index (Phi) is 5.87. The molecule has 0 amide bonds. The summed E-state index contributed by atoms with van der Waals surface area (Å²) >= 11 is 0. The van der Waals surface area contributed by atoms with Gasteiger partial charge in [-0.3, -0.25) is 0 Å². The van der Waals surface area contributed by atoms with Crippen LogP contribution in [0.1, 0.15) is 27.2 Å². The molecule has 1 aliphatic heterocycles. The standard InChI is InChI=1S/C7H12N2.C2H6/c1-2-9-4-3-7(5-8)6-9;1-2/h7H,2-4,6H2,1H3;1-2H3. The quantitative estimate of drug-likeness (QED) is 0.576. The van der Waals surface area contributed by atoms with Crippen molar-refractivity contribution >= 4 is 0 Å². The maximum atomic E-state index is 8.50. The van der Waals surface area contributed by atoms with Crippen molar-refractivity contribution in [3.05, 3.63) is 0 Å². The molecule has 1 aliphatic rings. The highest BCUT2D eigenvalue weighted by molar-refractivity contribution is 4.89. The molecule has 0 aliphatic carbocycles. The SMILES string of the molecule is CC.CCN1CCC(C#N)C1. The molecule has 0 bridgehead atoms. The average molecular weight is 154 g/mol. The number of rotatable bonds is 1. The second-order valence-electron chi connectivity index (χ2n) is 2.51. The Morgan fingerprint density at radius 1 is 1.55 bits per heavy atom. The topological polar surface area (TPSA) is 27.0 Å². The smallest absolute Gasteiger partial charge is 0.0669 e. The third-order valence-corrected chi connectivity index (χ3v) is 1.90. The summed E-state index contributed by atoms with van der Waals surface area (Å²) in [5.41, 5.74) is 0. The molecule has 0 spiro atoms. The molecule has 1 saturated heterocycles. The van der Waals surface area contributed by atoms with Gasteiger partial charge in [-0.2, -0.15) is 5.26 Å². The van der Waals surface area contributed by atoms with Gasteiger partial charge in [-0.05, 0) is 19.5 Å². The highest BCUT2D eigenvalue weighted by Gasteiger charge is 2.19. The average Bonchev–Trinajstić information content (AvgIpc) is 2.55. The van der Waals surface area contributed by atoms with E-state index in [1.807, 2.05) is 13.8 Å². The molecule has 2 nitrogen and oxygen atoms in total. The molecular weight excluding hydrogens is 136 g/mol. The zero-order valence-electron chi connectivity index (χ0n) is 7.80. The Balaban J connectivity index is 0.000000461. The van der Waals surface area contributed by atoms with E-state index in [2.05, 4.69) is 17.9 Å². The molecule has 1 unspecified atom stereocenters. The number of nitriles is 1. The first-order valence-corrected chi connectivity index (χ1v) is 4.48. The van der Waals surface area contributed by atoms with E-state index in [0.29, 0.717) is 5.92 Å². The van der Waals surface area contributed by atoms with Crippen molar-refractivity contribution in [1.29, 1.82) is 5.26 Å². The van der Waals surface area contributed by atoms with E-state index in [-0.39, 0.29) is 0 Å². The molecule has 0 aromatic rings. The van der Waals surface area contributed by atoms with Gasteiger partial charge in [-0.1, -0.05) is 20.8 Å². The van der Waals surface area contributed by atoms with Gasteiger partial charge >= 0.3 is 0 Å². The van der Waals surface area contributed by atoms with E-state index < -0.39 is 0 Å². The van der Waals surface area contributed by atoms with Gasteiger partial charge in [-0.15, -0.1) is 0 Å². The van der Waals surface area contributed by atoms with Crippen LogP contribution in [0.25, 0.3) is 0 Å². The lowest BCUT2D eigenvalue weighted by Gasteiger charge is -2.09. The van der Waals surface area contributed by atoms with Gasteiger partial charge < -0.3 is 4.90 Å². The molecule has 2 heteroatoms. The Morgan fingerprint density at radius 2 is 2.18 bits per heavy atom. The number of hydrogen-bond acceptors (Lipinski definition) is 2. The molecule has 0 aromatic heterocycles. The van der Waals surface area contributed by atoms with Crippen LogP contribution in [0.4, 0.5) is 0 Å². The van der Waals surface area contributed by atoms with Crippen LogP contribution in [0.5, 0.6) is 0 Å². The van der Waals surface area contributed by atoms with Crippen molar-refractivity contribution in [3.63, 3.8) is 0 Å². The summed E-state index contributed by atoms with van der Waals surface area (Å²) in [5.74, 6) is 0.310. The molecule has 1 fully saturated rings. The minimum atomic E-state index is 0.310. The fourth-order valence-corrected chi connectivity index (χ4v) is 1.23. The number of hydrogen-bond donors (Lipinski definition) is 0. The lowest BCUT2D eigenvalue weighted by molar-refractivity contribution is 0.352. The summed E-state index contributed by atoms with van der Waals surface area (Å²) in [7, 11) is 0. The predicted molar refractivity (Wildman–Crippen MR) is 47.2 cm³/mol. The molecular formula is C9H18N2. The first-order chi connectivity index (χ1) is 5.36. The van der Waals surface area contributed by atoms with E-state index in [1.54, 1.807) is 0 Å². The van der Waals surface area contributed by atoms with Crippen molar-refractivity contribution in [2.24, 2.45) is 5.92 Å². The van der Waals surface area contributed by atoms with Crippen LogP contribution in [0.15, 0.2) is 0 Å². The van der Waals surface area contributed by atoms with Crippen LogP contribution in [-0.4, -0.2) is 24.5 Å².